The summed E-state index contributed by atoms with van der Waals surface area (Å²) in [6.07, 6.45) is 0.837. The maximum absolute atomic E-state index is 13.0. The minimum Gasteiger partial charge on any atom is -0.396 e. The lowest BCUT2D eigenvalue weighted by Gasteiger charge is -2.34. The van der Waals surface area contributed by atoms with Crippen LogP contribution >= 0.6 is 11.6 Å². The zero-order valence-corrected chi connectivity index (χ0v) is 11.7. The Kier molecular flexibility index (Phi) is 5.58. The fraction of sp³-hybridized carbons (Fsp3) is 0.571. The van der Waals surface area contributed by atoms with Crippen LogP contribution in [0.5, 0.6) is 0 Å². The molecule has 1 fully saturated rings. The van der Waals surface area contributed by atoms with Crippen LogP contribution in [0.2, 0.25) is 5.02 Å². The highest BCUT2D eigenvalue weighted by Crippen LogP contribution is 2.19. The maximum Gasteiger partial charge on any atom is 0.124 e. The molecule has 0 aromatic heterocycles. The first-order chi connectivity index (χ1) is 9.19. The lowest BCUT2D eigenvalue weighted by molar-refractivity contribution is 0.120. The van der Waals surface area contributed by atoms with Crippen molar-refractivity contribution in [1.29, 1.82) is 0 Å². The number of hydrogen-bond donors (Lipinski definition) is 1. The van der Waals surface area contributed by atoms with Crippen LogP contribution < -0.4 is 0 Å². The number of nitrogens with zero attached hydrogens (tertiary/aromatic N) is 2. The van der Waals surface area contributed by atoms with Crippen molar-refractivity contribution in [2.75, 3.05) is 39.3 Å². The van der Waals surface area contributed by atoms with Crippen LogP contribution in [0, 0.1) is 5.82 Å². The lowest BCUT2D eigenvalue weighted by Crippen LogP contribution is -2.46. The van der Waals surface area contributed by atoms with Crippen LogP contribution in [-0.4, -0.2) is 54.2 Å². The summed E-state index contributed by atoms with van der Waals surface area (Å²) in [5.41, 5.74) is 0.979. The van der Waals surface area contributed by atoms with Crippen LogP contribution in [0.3, 0.4) is 0 Å². The van der Waals surface area contributed by atoms with Crippen molar-refractivity contribution in [3.05, 3.63) is 34.6 Å². The van der Waals surface area contributed by atoms with E-state index in [1.54, 1.807) is 6.07 Å². The summed E-state index contributed by atoms with van der Waals surface area (Å²) in [5.74, 6) is -0.289. The summed E-state index contributed by atoms with van der Waals surface area (Å²) in [6.45, 7) is 5.98. The Labute approximate surface area is 118 Å². The molecule has 0 unspecified atom stereocenters. The van der Waals surface area contributed by atoms with Crippen molar-refractivity contribution in [1.82, 2.24) is 9.80 Å². The largest absolute Gasteiger partial charge is 0.396 e. The molecule has 0 amide bonds. The van der Waals surface area contributed by atoms with Crippen LogP contribution in [0.25, 0.3) is 0 Å². The van der Waals surface area contributed by atoms with Crippen LogP contribution in [-0.2, 0) is 6.54 Å². The standard InChI is InChI=1S/C14H20ClFN2O/c15-14-10-13(16)3-2-12(14)11-18-7-5-17(6-8-18)4-1-9-19/h2-3,10,19H,1,4-9,11H2. The number of rotatable bonds is 5. The smallest absolute Gasteiger partial charge is 0.124 e. The van der Waals surface area contributed by atoms with Gasteiger partial charge in [-0.25, -0.2) is 4.39 Å². The number of benzene rings is 1. The summed E-state index contributed by atoms with van der Waals surface area (Å²) >= 11 is 6.04. The predicted octanol–water partition coefficient (Wildman–Crippen LogP) is 1.98. The SMILES string of the molecule is OCCCN1CCN(Cc2ccc(F)cc2Cl)CC1. The molecule has 1 saturated heterocycles. The van der Waals surface area contributed by atoms with Crippen LogP contribution in [0.1, 0.15) is 12.0 Å². The third kappa shape index (κ3) is 4.42. The highest BCUT2D eigenvalue weighted by Gasteiger charge is 2.17. The Balaban J connectivity index is 1.82. The van der Waals surface area contributed by atoms with E-state index in [0.717, 1.165) is 51.3 Å². The van der Waals surface area contributed by atoms with E-state index in [9.17, 15) is 4.39 Å². The molecular formula is C14H20ClFN2O. The van der Waals surface area contributed by atoms with Gasteiger partial charge in [0.1, 0.15) is 5.82 Å². The second-order valence-electron chi connectivity index (χ2n) is 4.93. The lowest BCUT2D eigenvalue weighted by atomic mass is 10.2. The van der Waals surface area contributed by atoms with Gasteiger partial charge in [-0.3, -0.25) is 4.90 Å². The average Bonchev–Trinajstić information content (AvgIpc) is 2.41. The van der Waals surface area contributed by atoms with Crippen molar-refractivity contribution >= 4 is 11.6 Å². The number of hydrogen-bond acceptors (Lipinski definition) is 3. The summed E-state index contributed by atoms with van der Waals surface area (Å²) in [5, 5.41) is 9.32. The van der Waals surface area contributed by atoms with Gasteiger partial charge in [0.25, 0.3) is 0 Å². The molecule has 0 bridgehead atoms. The van der Waals surface area contributed by atoms with Gasteiger partial charge in [-0.15, -0.1) is 0 Å². The molecule has 5 heteroatoms. The molecule has 1 aliphatic rings. The van der Waals surface area contributed by atoms with Gasteiger partial charge in [0.2, 0.25) is 0 Å². The molecule has 0 spiro atoms. The third-order valence-electron chi connectivity index (χ3n) is 3.51. The van der Waals surface area contributed by atoms with E-state index in [4.69, 9.17) is 16.7 Å². The van der Waals surface area contributed by atoms with Crippen LogP contribution in [0.4, 0.5) is 4.39 Å². The Morgan fingerprint density at radius 1 is 1.16 bits per heavy atom. The molecule has 0 aliphatic carbocycles. The molecule has 1 aliphatic heterocycles. The van der Waals surface area contributed by atoms with Crippen molar-refractivity contribution in [2.24, 2.45) is 0 Å². The number of aliphatic hydroxyl groups is 1. The van der Waals surface area contributed by atoms with Gasteiger partial charge in [-0.1, -0.05) is 17.7 Å². The first-order valence-electron chi connectivity index (χ1n) is 6.68. The number of piperazine rings is 1. The minimum absolute atomic E-state index is 0.255. The molecule has 1 N–H and O–H groups in total. The van der Waals surface area contributed by atoms with Crippen molar-refractivity contribution in [3.8, 4) is 0 Å². The molecule has 1 heterocycles. The Morgan fingerprint density at radius 3 is 2.47 bits per heavy atom. The van der Waals surface area contributed by atoms with Gasteiger partial charge in [0, 0.05) is 50.9 Å². The Bertz CT molecular complexity index is 408. The zero-order valence-electron chi connectivity index (χ0n) is 11.0. The van der Waals surface area contributed by atoms with E-state index >= 15 is 0 Å². The number of halogens is 2. The van der Waals surface area contributed by atoms with Crippen molar-refractivity contribution < 1.29 is 9.50 Å². The van der Waals surface area contributed by atoms with Crippen molar-refractivity contribution in [3.63, 3.8) is 0 Å². The monoisotopic (exact) mass is 286 g/mol. The summed E-state index contributed by atoms with van der Waals surface area (Å²) in [7, 11) is 0. The van der Waals surface area contributed by atoms with E-state index in [0.29, 0.717) is 5.02 Å². The van der Waals surface area contributed by atoms with Gasteiger partial charge in [-0.05, 0) is 24.1 Å². The Morgan fingerprint density at radius 2 is 1.84 bits per heavy atom. The highest BCUT2D eigenvalue weighted by atomic mass is 35.5. The van der Waals surface area contributed by atoms with Crippen LogP contribution in [0.15, 0.2) is 18.2 Å². The van der Waals surface area contributed by atoms with E-state index in [1.165, 1.54) is 12.1 Å². The quantitative estimate of drug-likeness (QED) is 0.897. The van der Waals surface area contributed by atoms with E-state index in [-0.39, 0.29) is 12.4 Å². The molecule has 2 rings (SSSR count). The molecular weight excluding hydrogens is 267 g/mol. The molecule has 0 saturated carbocycles. The second kappa shape index (κ2) is 7.20. The molecule has 3 nitrogen and oxygen atoms in total. The van der Waals surface area contributed by atoms with Crippen molar-refractivity contribution in [2.45, 2.75) is 13.0 Å². The summed E-state index contributed by atoms with van der Waals surface area (Å²) in [4.78, 5) is 4.69. The molecule has 1 aromatic carbocycles. The average molecular weight is 287 g/mol. The van der Waals surface area contributed by atoms with E-state index in [2.05, 4.69) is 9.80 Å². The molecule has 106 valence electrons. The summed E-state index contributed by atoms with van der Waals surface area (Å²) < 4.78 is 13.0. The minimum atomic E-state index is -0.289. The first-order valence-corrected chi connectivity index (χ1v) is 7.06. The second-order valence-corrected chi connectivity index (χ2v) is 5.34. The van der Waals surface area contributed by atoms with E-state index < -0.39 is 0 Å². The fourth-order valence-corrected chi connectivity index (χ4v) is 2.58. The number of aliphatic hydroxyl groups excluding tert-OH is 1. The topological polar surface area (TPSA) is 26.7 Å². The van der Waals surface area contributed by atoms with Gasteiger partial charge in [0.15, 0.2) is 0 Å². The normalized spacial score (nSPS) is 17.8. The zero-order chi connectivity index (χ0) is 13.7. The Hall–Kier alpha value is -0.680. The predicted molar refractivity (Wildman–Crippen MR) is 74.8 cm³/mol. The highest BCUT2D eigenvalue weighted by molar-refractivity contribution is 6.31. The first kappa shape index (κ1) is 14.7. The molecule has 0 radical (unpaired) electrons. The fourth-order valence-electron chi connectivity index (χ4n) is 2.36. The van der Waals surface area contributed by atoms with Gasteiger partial charge in [0.05, 0.1) is 0 Å². The third-order valence-corrected chi connectivity index (χ3v) is 3.86. The summed E-state index contributed by atoms with van der Waals surface area (Å²) in [6, 6.07) is 4.59. The van der Waals surface area contributed by atoms with E-state index in [1.807, 2.05) is 0 Å². The van der Waals surface area contributed by atoms with Gasteiger partial charge in [-0.2, -0.15) is 0 Å². The molecule has 19 heavy (non-hydrogen) atoms. The van der Waals surface area contributed by atoms with Gasteiger partial charge < -0.3 is 10.0 Å². The van der Waals surface area contributed by atoms with Gasteiger partial charge >= 0.3 is 0 Å². The maximum atomic E-state index is 13.0. The molecule has 1 aromatic rings. The molecule has 0 atom stereocenters.